The van der Waals surface area contributed by atoms with Crippen molar-refractivity contribution in [1.29, 1.82) is 0 Å². The summed E-state index contributed by atoms with van der Waals surface area (Å²) in [5.41, 5.74) is 2.11. The molecule has 3 heterocycles. The van der Waals surface area contributed by atoms with Gasteiger partial charge in [0, 0.05) is 57.7 Å². The summed E-state index contributed by atoms with van der Waals surface area (Å²) in [6.45, 7) is 8.43. The monoisotopic (exact) mass is 395 g/mol. The van der Waals surface area contributed by atoms with Crippen molar-refractivity contribution < 1.29 is 9.53 Å². The van der Waals surface area contributed by atoms with E-state index in [-0.39, 0.29) is 5.91 Å². The van der Waals surface area contributed by atoms with Crippen LogP contribution in [-0.2, 0) is 16.1 Å². The smallest absolute Gasteiger partial charge is 0.238 e. The third-order valence-electron chi connectivity index (χ3n) is 5.46. The number of carbonyl (C=O) groups excluding carboxylic acids is 1. The second-order valence-electron chi connectivity index (χ2n) is 7.58. The largest absolute Gasteiger partial charge is 0.379 e. The first-order valence-corrected chi connectivity index (χ1v) is 10.3. The molecule has 154 valence electrons. The second kappa shape index (κ2) is 9.82. The fourth-order valence-electron chi connectivity index (χ4n) is 3.79. The molecule has 0 spiro atoms. The summed E-state index contributed by atoms with van der Waals surface area (Å²) in [5.74, 6) is 1.05. The number of carbonyl (C=O) groups is 1. The highest BCUT2D eigenvalue weighted by Crippen LogP contribution is 2.14. The van der Waals surface area contributed by atoms with Crippen LogP contribution in [-0.4, -0.2) is 79.7 Å². The van der Waals surface area contributed by atoms with E-state index in [2.05, 4.69) is 37.1 Å². The number of benzene rings is 1. The average Bonchev–Trinajstić information content (AvgIpc) is 2.77. The first-order valence-electron chi connectivity index (χ1n) is 10.3. The molecular weight excluding hydrogens is 366 g/mol. The summed E-state index contributed by atoms with van der Waals surface area (Å²) in [6, 6.07) is 14.1. The lowest BCUT2D eigenvalue weighted by molar-refractivity contribution is -0.117. The Balaban J connectivity index is 1.20. The third-order valence-corrected chi connectivity index (χ3v) is 5.46. The number of amides is 1. The molecule has 0 aliphatic carbocycles. The number of ether oxygens (including phenoxy) is 1. The molecule has 7 heteroatoms. The number of morpholine rings is 1. The lowest BCUT2D eigenvalue weighted by Gasteiger charge is -2.34. The van der Waals surface area contributed by atoms with Crippen molar-refractivity contribution in [2.45, 2.75) is 6.54 Å². The van der Waals surface area contributed by atoms with Gasteiger partial charge in [-0.05, 0) is 29.8 Å². The van der Waals surface area contributed by atoms with Crippen molar-refractivity contribution in [2.75, 3.05) is 69.2 Å². The molecule has 7 nitrogen and oxygen atoms in total. The van der Waals surface area contributed by atoms with E-state index in [0.717, 1.165) is 70.5 Å². The zero-order chi connectivity index (χ0) is 19.9. The Labute approximate surface area is 172 Å². The molecule has 0 bridgehead atoms. The zero-order valence-corrected chi connectivity index (χ0v) is 16.8. The first-order chi connectivity index (χ1) is 14.3. The molecule has 2 saturated heterocycles. The molecule has 1 aromatic carbocycles. The third kappa shape index (κ3) is 5.76. The topological polar surface area (TPSA) is 60.9 Å². The van der Waals surface area contributed by atoms with Gasteiger partial charge in [-0.1, -0.05) is 18.2 Å². The number of aromatic nitrogens is 1. The fraction of sp³-hybridized carbons (Fsp3) is 0.455. The Morgan fingerprint density at radius 2 is 1.69 bits per heavy atom. The molecule has 2 aliphatic rings. The number of nitrogens with zero attached hydrogens (tertiary/aromatic N) is 4. The van der Waals surface area contributed by atoms with Crippen molar-refractivity contribution in [3.05, 3.63) is 54.2 Å². The Hall–Kier alpha value is -2.48. The van der Waals surface area contributed by atoms with E-state index in [1.54, 1.807) is 0 Å². The summed E-state index contributed by atoms with van der Waals surface area (Å²) < 4.78 is 5.39. The van der Waals surface area contributed by atoms with Crippen LogP contribution in [0.3, 0.4) is 0 Å². The highest BCUT2D eigenvalue weighted by molar-refractivity contribution is 5.92. The molecule has 0 atom stereocenters. The van der Waals surface area contributed by atoms with Gasteiger partial charge in [0.05, 0.1) is 19.8 Å². The Bertz CT molecular complexity index is 770. The van der Waals surface area contributed by atoms with Gasteiger partial charge in [-0.25, -0.2) is 4.98 Å². The maximum absolute atomic E-state index is 12.4. The van der Waals surface area contributed by atoms with Gasteiger partial charge in [-0.2, -0.15) is 0 Å². The van der Waals surface area contributed by atoms with Gasteiger partial charge < -0.3 is 15.0 Å². The quantitative estimate of drug-likeness (QED) is 0.803. The van der Waals surface area contributed by atoms with Crippen LogP contribution in [0.2, 0.25) is 0 Å². The van der Waals surface area contributed by atoms with Gasteiger partial charge in [0.2, 0.25) is 5.91 Å². The van der Waals surface area contributed by atoms with Crippen molar-refractivity contribution in [2.24, 2.45) is 0 Å². The van der Waals surface area contributed by atoms with Gasteiger partial charge in [0.15, 0.2) is 0 Å². The number of nitrogens with one attached hydrogen (secondary N) is 1. The molecule has 4 rings (SSSR count). The minimum absolute atomic E-state index is 0.0391. The highest BCUT2D eigenvalue weighted by atomic mass is 16.5. The molecular formula is C22H29N5O2. The number of hydrogen-bond acceptors (Lipinski definition) is 6. The molecule has 0 saturated carbocycles. The van der Waals surface area contributed by atoms with Crippen LogP contribution in [0.5, 0.6) is 0 Å². The van der Waals surface area contributed by atoms with Crippen LogP contribution >= 0.6 is 0 Å². The second-order valence-corrected chi connectivity index (χ2v) is 7.58. The molecule has 1 N–H and O–H groups in total. The van der Waals surface area contributed by atoms with Crippen LogP contribution in [0, 0.1) is 0 Å². The van der Waals surface area contributed by atoms with E-state index < -0.39 is 0 Å². The fourth-order valence-corrected chi connectivity index (χ4v) is 3.79. The lowest BCUT2D eigenvalue weighted by Crippen LogP contribution is -2.48. The van der Waals surface area contributed by atoms with Crippen molar-refractivity contribution in [3.8, 4) is 0 Å². The summed E-state index contributed by atoms with van der Waals surface area (Å²) in [7, 11) is 0. The number of hydrogen-bond donors (Lipinski definition) is 1. The standard InChI is InChI=1S/C22H29N5O2/c28-22(18-25-9-11-27(12-10-25)21-3-1-2-8-23-21)24-20-6-4-19(5-7-20)17-26-13-15-29-16-14-26/h1-8H,9-18H2,(H,24,28). The van der Waals surface area contributed by atoms with E-state index in [0.29, 0.717) is 6.54 Å². The molecule has 2 aromatic rings. The summed E-state index contributed by atoms with van der Waals surface area (Å²) in [5, 5.41) is 3.02. The predicted molar refractivity (Wildman–Crippen MR) is 114 cm³/mol. The van der Waals surface area contributed by atoms with E-state index in [9.17, 15) is 4.79 Å². The lowest BCUT2D eigenvalue weighted by atomic mass is 10.2. The first kappa shape index (κ1) is 19.8. The van der Waals surface area contributed by atoms with Crippen molar-refractivity contribution in [1.82, 2.24) is 14.8 Å². The number of pyridine rings is 1. The molecule has 0 unspecified atom stereocenters. The molecule has 29 heavy (non-hydrogen) atoms. The van der Waals surface area contributed by atoms with E-state index in [4.69, 9.17) is 4.74 Å². The summed E-state index contributed by atoms with van der Waals surface area (Å²) in [4.78, 5) is 23.7. The Kier molecular flexibility index (Phi) is 6.71. The Morgan fingerprint density at radius 1 is 0.931 bits per heavy atom. The van der Waals surface area contributed by atoms with E-state index in [1.165, 1.54) is 5.56 Å². The predicted octanol–water partition coefficient (Wildman–Crippen LogP) is 1.67. The van der Waals surface area contributed by atoms with Crippen LogP contribution in [0.15, 0.2) is 48.7 Å². The zero-order valence-electron chi connectivity index (χ0n) is 16.8. The molecule has 1 amide bonds. The number of rotatable bonds is 6. The molecule has 2 fully saturated rings. The maximum Gasteiger partial charge on any atom is 0.238 e. The van der Waals surface area contributed by atoms with E-state index in [1.807, 2.05) is 36.5 Å². The normalized spacial score (nSPS) is 18.6. The molecule has 1 aromatic heterocycles. The summed E-state index contributed by atoms with van der Waals surface area (Å²) in [6.07, 6.45) is 1.82. The van der Waals surface area contributed by atoms with Gasteiger partial charge >= 0.3 is 0 Å². The van der Waals surface area contributed by atoms with Crippen LogP contribution in [0.1, 0.15) is 5.56 Å². The van der Waals surface area contributed by atoms with Gasteiger partial charge in [0.1, 0.15) is 5.82 Å². The SMILES string of the molecule is O=C(CN1CCN(c2ccccn2)CC1)Nc1ccc(CN2CCOCC2)cc1. The highest BCUT2D eigenvalue weighted by Gasteiger charge is 2.19. The van der Waals surface area contributed by atoms with Crippen LogP contribution in [0.4, 0.5) is 11.5 Å². The minimum Gasteiger partial charge on any atom is -0.379 e. The summed E-state index contributed by atoms with van der Waals surface area (Å²) >= 11 is 0. The van der Waals surface area contributed by atoms with E-state index >= 15 is 0 Å². The van der Waals surface area contributed by atoms with Crippen LogP contribution in [0.25, 0.3) is 0 Å². The van der Waals surface area contributed by atoms with Crippen molar-refractivity contribution >= 4 is 17.4 Å². The van der Waals surface area contributed by atoms with Crippen molar-refractivity contribution in [3.63, 3.8) is 0 Å². The van der Waals surface area contributed by atoms with Crippen LogP contribution < -0.4 is 10.2 Å². The Morgan fingerprint density at radius 3 is 2.38 bits per heavy atom. The van der Waals surface area contributed by atoms with Gasteiger partial charge in [-0.3, -0.25) is 14.6 Å². The minimum atomic E-state index is 0.0391. The maximum atomic E-state index is 12.4. The number of anilines is 2. The molecule has 0 radical (unpaired) electrons. The number of piperazine rings is 1. The van der Waals surface area contributed by atoms with Gasteiger partial charge in [0.25, 0.3) is 0 Å². The average molecular weight is 396 g/mol. The molecule has 2 aliphatic heterocycles. The van der Waals surface area contributed by atoms with Gasteiger partial charge in [-0.15, -0.1) is 0 Å².